The Hall–Kier alpha value is -0.640. The highest BCUT2D eigenvalue weighted by atomic mass is 32.2. The Morgan fingerprint density at radius 1 is 1.31 bits per heavy atom. The first kappa shape index (κ1) is 10.5. The van der Waals surface area contributed by atoms with Gasteiger partial charge in [0, 0.05) is 18.3 Å². The molecule has 3 nitrogen and oxygen atoms in total. The van der Waals surface area contributed by atoms with Crippen LogP contribution in [0.1, 0.15) is 37.4 Å². The van der Waals surface area contributed by atoms with E-state index in [0.29, 0.717) is 12.1 Å². The normalized spacial score (nSPS) is 22.3. The molecule has 2 heterocycles. The summed E-state index contributed by atoms with van der Waals surface area (Å²) < 4.78 is 2.38. The molecule has 1 saturated carbocycles. The van der Waals surface area contributed by atoms with E-state index in [2.05, 4.69) is 39.8 Å². The lowest BCUT2D eigenvalue weighted by Gasteiger charge is -2.24. The van der Waals surface area contributed by atoms with Crippen LogP contribution in [0.15, 0.2) is 6.20 Å². The monoisotopic (exact) mass is 237 g/mol. The van der Waals surface area contributed by atoms with Crippen LogP contribution in [-0.4, -0.2) is 27.1 Å². The number of hydrogen-bond acceptors (Lipinski definition) is 3. The molecule has 0 bridgehead atoms. The van der Waals surface area contributed by atoms with Crippen LogP contribution in [0.25, 0.3) is 0 Å². The Morgan fingerprint density at radius 3 is 2.75 bits per heavy atom. The first-order chi connectivity index (χ1) is 7.83. The second-order valence-electron chi connectivity index (χ2n) is 4.88. The molecule has 0 spiro atoms. The minimum absolute atomic E-state index is 0.670. The molecular formula is C12H19N3S. The van der Waals surface area contributed by atoms with E-state index in [0.717, 1.165) is 11.6 Å². The van der Waals surface area contributed by atoms with Gasteiger partial charge in [-0.25, -0.2) is 4.98 Å². The van der Waals surface area contributed by atoms with Gasteiger partial charge in [0.05, 0.1) is 5.69 Å². The van der Waals surface area contributed by atoms with Gasteiger partial charge in [-0.1, -0.05) is 0 Å². The lowest BCUT2D eigenvalue weighted by atomic mass is 10.1. The highest BCUT2D eigenvalue weighted by molar-refractivity contribution is 7.99. The second kappa shape index (κ2) is 4.32. The van der Waals surface area contributed by atoms with Gasteiger partial charge in [0.2, 0.25) is 5.95 Å². The fraction of sp³-hybridized carbons (Fsp3) is 0.750. The molecule has 1 aromatic heterocycles. The van der Waals surface area contributed by atoms with Gasteiger partial charge in [-0.15, -0.1) is 0 Å². The Balaban J connectivity index is 1.79. The molecule has 0 unspecified atom stereocenters. The van der Waals surface area contributed by atoms with Gasteiger partial charge in [0.25, 0.3) is 0 Å². The largest absolute Gasteiger partial charge is 0.353 e. The minimum atomic E-state index is 0.670. The molecule has 0 amide bonds. The summed E-state index contributed by atoms with van der Waals surface area (Å²) in [5.74, 6) is 3.70. The quantitative estimate of drug-likeness (QED) is 0.876. The second-order valence-corrected chi connectivity index (χ2v) is 6.10. The minimum Gasteiger partial charge on any atom is -0.353 e. The van der Waals surface area contributed by atoms with Gasteiger partial charge in [-0.2, -0.15) is 11.8 Å². The van der Waals surface area contributed by atoms with E-state index in [4.69, 9.17) is 0 Å². The zero-order chi connectivity index (χ0) is 11.0. The summed E-state index contributed by atoms with van der Waals surface area (Å²) in [5.41, 5.74) is 1.14. The Morgan fingerprint density at radius 2 is 2.06 bits per heavy atom. The number of aromatic nitrogens is 2. The number of anilines is 1. The van der Waals surface area contributed by atoms with E-state index in [1.807, 2.05) is 0 Å². The summed E-state index contributed by atoms with van der Waals surface area (Å²) >= 11 is 2.08. The molecule has 16 heavy (non-hydrogen) atoms. The van der Waals surface area contributed by atoms with Gasteiger partial charge in [-0.3, -0.25) is 0 Å². The number of imidazole rings is 1. The maximum atomic E-state index is 4.61. The molecule has 0 aromatic carbocycles. The number of thioether (sulfide) groups is 1. The summed E-state index contributed by atoms with van der Waals surface area (Å²) in [4.78, 5) is 4.61. The van der Waals surface area contributed by atoms with E-state index in [-0.39, 0.29) is 0 Å². The van der Waals surface area contributed by atoms with E-state index >= 15 is 0 Å². The van der Waals surface area contributed by atoms with Gasteiger partial charge in [0.1, 0.15) is 0 Å². The molecular weight excluding hydrogens is 218 g/mol. The maximum absolute atomic E-state index is 4.61. The van der Waals surface area contributed by atoms with Crippen molar-refractivity contribution in [1.82, 2.24) is 9.55 Å². The predicted molar refractivity (Wildman–Crippen MR) is 69.2 cm³/mol. The molecule has 3 rings (SSSR count). The average molecular weight is 237 g/mol. The van der Waals surface area contributed by atoms with Crippen molar-refractivity contribution < 1.29 is 0 Å². The number of nitrogens with one attached hydrogen (secondary N) is 1. The third kappa shape index (κ3) is 2.21. The van der Waals surface area contributed by atoms with Crippen molar-refractivity contribution in [2.24, 2.45) is 0 Å². The van der Waals surface area contributed by atoms with Gasteiger partial charge in [-0.05, 0) is 44.1 Å². The molecule has 1 saturated heterocycles. The summed E-state index contributed by atoms with van der Waals surface area (Å²) in [6.07, 6.45) is 7.42. The van der Waals surface area contributed by atoms with Crippen molar-refractivity contribution in [3.8, 4) is 0 Å². The van der Waals surface area contributed by atoms with Crippen LogP contribution >= 0.6 is 11.8 Å². The standard InChI is InChI=1S/C12H19N3S/c1-9-8-15(11-4-6-16-7-5-11)12(13-9)14-10-2-3-10/h8,10-11H,2-7H2,1H3,(H,13,14). The Labute approximate surface area is 101 Å². The third-order valence-electron chi connectivity index (χ3n) is 3.35. The first-order valence-electron chi connectivity index (χ1n) is 6.22. The number of rotatable bonds is 3. The van der Waals surface area contributed by atoms with Crippen molar-refractivity contribution >= 4 is 17.7 Å². The molecule has 1 aliphatic carbocycles. The summed E-state index contributed by atoms with van der Waals surface area (Å²) in [6.45, 7) is 2.09. The van der Waals surface area contributed by atoms with Gasteiger partial charge < -0.3 is 9.88 Å². The third-order valence-corrected chi connectivity index (χ3v) is 4.40. The number of nitrogens with zero attached hydrogens (tertiary/aromatic N) is 2. The molecule has 1 N–H and O–H groups in total. The smallest absolute Gasteiger partial charge is 0.203 e. The van der Waals surface area contributed by atoms with Crippen LogP contribution in [0.2, 0.25) is 0 Å². The van der Waals surface area contributed by atoms with Crippen LogP contribution in [0, 0.1) is 6.92 Å². The van der Waals surface area contributed by atoms with Crippen LogP contribution in [0.3, 0.4) is 0 Å². The van der Waals surface area contributed by atoms with E-state index in [1.54, 1.807) is 0 Å². The molecule has 2 aliphatic rings. The average Bonchev–Trinajstić information content (AvgIpc) is 3.03. The molecule has 1 aromatic rings. The van der Waals surface area contributed by atoms with Crippen LogP contribution in [-0.2, 0) is 0 Å². The molecule has 0 radical (unpaired) electrons. The van der Waals surface area contributed by atoms with Gasteiger partial charge >= 0.3 is 0 Å². The highest BCUT2D eigenvalue weighted by Gasteiger charge is 2.25. The van der Waals surface area contributed by atoms with Gasteiger partial charge in [0.15, 0.2) is 0 Å². The summed E-state index contributed by atoms with van der Waals surface area (Å²) in [7, 11) is 0. The fourth-order valence-electron chi connectivity index (χ4n) is 2.27. The van der Waals surface area contributed by atoms with Crippen LogP contribution in [0.4, 0.5) is 5.95 Å². The number of hydrogen-bond donors (Lipinski definition) is 1. The topological polar surface area (TPSA) is 29.9 Å². The summed E-state index contributed by atoms with van der Waals surface area (Å²) in [6, 6.07) is 1.36. The molecule has 88 valence electrons. The fourth-order valence-corrected chi connectivity index (χ4v) is 3.36. The van der Waals surface area contributed by atoms with Crippen LogP contribution < -0.4 is 5.32 Å². The first-order valence-corrected chi connectivity index (χ1v) is 7.38. The molecule has 2 fully saturated rings. The van der Waals surface area contributed by atoms with E-state index < -0.39 is 0 Å². The van der Waals surface area contributed by atoms with Crippen molar-refractivity contribution in [2.45, 2.75) is 44.7 Å². The molecule has 0 atom stereocenters. The van der Waals surface area contributed by atoms with Crippen LogP contribution in [0.5, 0.6) is 0 Å². The lowest BCUT2D eigenvalue weighted by Crippen LogP contribution is -2.18. The zero-order valence-electron chi connectivity index (χ0n) is 9.78. The van der Waals surface area contributed by atoms with Crippen molar-refractivity contribution in [3.05, 3.63) is 11.9 Å². The SMILES string of the molecule is Cc1cn(C2CCSCC2)c(NC2CC2)n1. The molecule has 1 aliphatic heterocycles. The Kier molecular flexibility index (Phi) is 2.84. The van der Waals surface area contributed by atoms with Crippen molar-refractivity contribution in [1.29, 1.82) is 0 Å². The lowest BCUT2D eigenvalue weighted by molar-refractivity contribution is 0.473. The maximum Gasteiger partial charge on any atom is 0.203 e. The van der Waals surface area contributed by atoms with E-state index in [1.165, 1.54) is 37.2 Å². The Bertz CT molecular complexity index is 364. The zero-order valence-corrected chi connectivity index (χ0v) is 10.6. The van der Waals surface area contributed by atoms with Crippen molar-refractivity contribution in [2.75, 3.05) is 16.8 Å². The van der Waals surface area contributed by atoms with Crippen molar-refractivity contribution in [3.63, 3.8) is 0 Å². The number of aryl methyl sites for hydroxylation is 1. The summed E-state index contributed by atoms with van der Waals surface area (Å²) in [5, 5.41) is 3.55. The predicted octanol–water partition coefficient (Wildman–Crippen LogP) is 2.83. The van der Waals surface area contributed by atoms with E-state index in [9.17, 15) is 0 Å². The highest BCUT2D eigenvalue weighted by Crippen LogP contribution is 2.31. The molecule has 4 heteroatoms.